The smallest absolute Gasteiger partial charge is 0.246 e. The van der Waals surface area contributed by atoms with Gasteiger partial charge in [0.05, 0.1) is 14.2 Å². The minimum absolute atomic E-state index is 0.0600. The molecule has 7 nitrogen and oxygen atoms in total. The largest absolute Gasteiger partial charge is 0.493 e. The number of aromatic nitrogens is 2. The molecule has 0 N–H and O–H groups in total. The highest BCUT2D eigenvalue weighted by Gasteiger charge is 2.28. The Labute approximate surface area is 166 Å². The Morgan fingerprint density at radius 2 is 1.89 bits per heavy atom. The fraction of sp³-hybridized carbons (Fsp3) is 0.571. The van der Waals surface area contributed by atoms with E-state index >= 15 is 0 Å². The Kier molecular flexibility index (Phi) is 6.54. The Morgan fingerprint density at radius 1 is 1.18 bits per heavy atom. The summed E-state index contributed by atoms with van der Waals surface area (Å²) in [6.07, 6.45) is 5.63. The number of carbonyl (C=O) groups excluding carboxylic acids is 1. The molecule has 0 aliphatic heterocycles. The molecule has 2 aromatic rings. The molecule has 1 aromatic carbocycles. The zero-order valence-corrected chi connectivity index (χ0v) is 17.1. The summed E-state index contributed by atoms with van der Waals surface area (Å²) in [5, 5.41) is 4.10. The number of carbonyl (C=O) groups is 1. The number of nitrogens with zero attached hydrogens (tertiary/aromatic N) is 3. The van der Waals surface area contributed by atoms with Crippen molar-refractivity contribution in [2.45, 2.75) is 58.5 Å². The molecule has 1 heterocycles. The minimum atomic E-state index is -0.0600. The lowest BCUT2D eigenvalue weighted by Crippen LogP contribution is -2.43. The summed E-state index contributed by atoms with van der Waals surface area (Å²) in [5.74, 6) is 2.24. The molecule has 0 atom stereocenters. The highest BCUT2D eigenvalue weighted by molar-refractivity contribution is 5.78. The zero-order chi connectivity index (χ0) is 20.1. The fourth-order valence-corrected chi connectivity index (χ4v) is 3.67. The summed E-state index contributed by atoms with van der Waals surface area (Å²) >= 11 is 0. The Bertz CT molecular complexity index is 797. The lowest BCUT2D eigenvalue weighted by Gasteiger charge is -2.34. The molecular formula is C21H29N3O4. The predicted octanol–water partition coefficient (Wildman–Crippen LogP) is 4.07. The lowest BCUT2D eigenvalue weighted by molar-refractivity contribution is -0.138. The van der Waals surface area contributed by atoms with Gasteiger partial charge in [0.15, 0.2) is 11.5 Å². The summed E-state index contributed by atoms with van der Waals surface area (Å²) in [4.78, 5) is 19.2. The van der Waals surface area contributed by atoms with Gasteiger partial charge in [-0.2, -0.15) is 4.98 Å². The molecule has 7 heteroatoms. The van der Waals surface area contributed by atoms with Crippen LogP contribution in [0.3, 0.4) is 0 Å². The van der Waals surface area contributed by atoms with Crippen LogP contribution in [0.5, 0.6) is 11.5 Å². The predicted molar refractivity (Wildman–Crippen MR) is 105 cm³/mol. The molecule has 1 aliphatic rings. The highest BCUT2D eigenvalue weighted by Crippen LogP contribution is 2.31. The molecule has 0 unspecified atom stereocenters. The molecule has 1 aliphatic carbocycles. The molecule has 0 bridgehead atoms. The fourth-order valence-electron chi connectivity index (χ4n) is 3.67. The van der Waals surface area contributed by atoms with E-state index in [2.05, 4.69) is 10.1 Å². The van der Waals surface area contributed by atoms with E-state index in [1.807, 2.05) is 30.9 Å². The van der Waals surface area contributed by atoms with Crippen LogP contribution in [0, 0.1) is 5.92 Å². The molecule has 1 fully saturated rings. The molecule has 1 amide bonds. The minimum Gasteiger partial charge on any atom is -0.493 e. The molecular weight excluding hydrogens is 358 g/mol. The Balaban J connectivity index is 1.80. The number of ether oxygens (including phenoxy) is 2. The zero-order valence-electron chi connectivity index (χ0n) is 17.1. The van der Waals surface area contributed by atoms with Crippen LogP contribution < -0.4 is 9.47 Å². The average molecular weight is 387 g/mol. The van der Waals surface area contributed by atoms with E-state index < -0.39 is 0 Å². The maximum absolute atomic E-state index is 12.8. The van der Waals surface area contributed by atoms with Gasteiger partial charge in [-0.15, -0.1) is 0 Å². The van der Waals surface area contributed by atoms with Crippen molar-refractivity contribution in [3.8, 4) is 22.9 Å². The van der Waals surface area contributed by atoms with Gasteiger partial charge < -0.3 is 18.9 Å². The molecule has 28 heavy (non-hydrogen) atoms. The third-order valence-electron chi connectivity index (χ3n) is 5.21. The van der Waals surface area contributed by atoms with Gasteiger partial charge in [0.25, 0.3) is 0 Å². The van der Waals surface area contributed by atoms with Gasteiger partial charge >= 0.3 is 0 Å². The van der Waals surface area contributed by atoms with Crippen LogP contribution in [0.4, 0.5) is 0 Å². The van der Waals surface area contributed by atoms with E-state index in [0.717, 1.165) is 31.2 Å². The summed E-state index contributed by atoms with van der Waals surface area (Å²) in [5.41, 5.74) is 0.770. The molecule has 1 aromatic heterocycles. The van der Waals surface area contributed by atoms with Crippen LogP contribution in [-0.2, 0) is 11.3 Å². The van der Waals surface area contributed by atoms with E-state index in [0.29, 0.717) is 29.8 Å². The Hall–Kier alpha value is -2.57. The standard InChI is InChI=1S/C21H29N3O4/c1-14(2)21(25)24(16-8-6-5-7-9-16)13-19-22-20(23-28-19)15-10-11-17(26-3)18(12-15)27-4/h10-12,14,16H,5-9,13H2,1-4H3. The van der Waals surface area contributed by atoms with Gasteiger partial charge in [0.2, 0.25) is 17.6 Å². The van der Waals surface area contributed by atoms with E-state index in [1.165, 1.54) is 6.42 Å². The first kappa shape index (κ1) is 20.2. The van der Waals surface area contributed by atoms with Gasteiger partial charge in [-0.25, -0.2) is 0 Å². The number of hydrogen-bond acceptors (Lipinski definition) is 6. The van der Waals surface area contributed by atoms with Crippen molar-refractivity contribution in [1.29, 1.82) is 0 Å². The van der Waals surface area contributed by atoms with Gasteiger partial charge in [0.1, 0.15) is 6.54 Å². The summed E-state index contributed by atoms with van der Waals surface area (Å²) in [7, 11) is 3.18. The van der Waals surface area contributed by atoms with E-state index in [1.54, 1.807) is 20.3 Å². The van der Waals surface area contributed by atoms with Crippen LogP contribution in [0.15, 0.2) is 22.7 Å². The Morgan fingerprint density at radius 3 is 2.54 bits per heavy atom. The molecule has 0 saturated heterocycles. The summed E-state index contributed by atoms with van der Waals surface area (Å²) in [6, 6.07) is 5.72. The topological polar surface area (TPSA) is 77.7 Å². The number of hydrogen-bond donors (Lipinski definition) is 0. The quantitative estimate of drug-likeness (QED) is 0.713. The first-order valence-electron chi connectivity index (χ1n) is 9.89. The van der Waals surface area contributed by atoms with Crippen molar-refractivity contribution < 1.29 is 18.8 Å². The van der Waals surface area contributed by atoms with Crippen LogP contribution in [0.25, 0.3) is 11.4 Å². The third-order valence-corrected chi connectivity index (χ3v) is 5.21. The number of methoxy groups -OCH3 is 2. The number of benzene rings is 1. The maximum Gasteiger partial charge on any atom is 0.246 e. The monoisotopic (exact) mass is 387 g/mol. The highest BCUT2D eigenvalue weighted by atomic mass is 16.5. The molecule has 3 rings (SSSR count). The van der Waals surface area contributed by atoms with Crippen molar-refractivity contribution in [2.24, 2.45) is 5.92 Å². The first-order valence-corrected chi connectivity index (χ1v) is 9.89. The van der Waals surface area contributed by atoms with Gasteiger partial charge in [-0.1, -0.05) is 38.3 Å². The second-order valence-electron chi connectivity index (χ2n) is 7.49. The van der Waals surface area contributed by atoms with Crippen molar-refractivity contribution in [3.05, 3.63) is 24.1 Å². The molecule has 152 valence electrons. The van der Waals surface area contributed by atoms with Crippen LogP contribution in [-0.4, -0.2) is 41.2 Å². The average Bonchev–Trinajstić information content (AvgIpc) is 3.20. The molecule has 0 spiro atoms. The lowest BCUT2D eigenvalue weighted by atomic mass is 9.93. The SMILES string of the molecule is COc1ccc(-c2noc(CN(C(=O)C(C)C)C3CCCCC3)n2)cc1OC. The van der Waals surface area contributed by atoms with E-state index in [-0.39, 0.29) is 17.9 Å². The van der Waals surface area contributed by atoms with Crippen molar-refractivity contribution in [2.75, 3.05) is 14.2 Å². The van der Waals surface area contributed by atoms with Crippen molar-refractivity contribution in [3.63, 3.8) is 0 Å². The maximum atomic E-state index is 12.8. The van der Waals surface area contributed by atoms with Crippen molar-refractivity contribution >= 4 is 5.91 Å². The second kappa shape index (κ2) is 9.08. The second-order valence-corrected chi connectivity index (χ2v) is 7.49. The normalized spacial score (nSPS) is 14.9. The first-order chi connectivity index (χ1) is 13.5. The number of amides is 1. The van der Waals surface area contributed by atoms with Crippen LogP contribution in [0.2, 0.25) is 0 Å². The molecule has 0 radical (unpaired) electrons. The van der Waals surface area contributed by atoms with Gasteiger partial charge in [-0.05, 0) is 31.0 Å². The van der Waals surface area contributed by atoms with E-state index in [9.17, 15) is 4.79 Å². The molecule has 1 saturated carbocycles. The van der Waals surface area contributed by atoms with Crippen LogP contribution >= 0.6 is 0 Å². The van der Waals surface area contributed by atoms with Gasteiger partial charge in [-0.3, -0.25) is 4.79 Å². The van der Waals surface area contributed by atoms with Crippen LogP contribution in [0.1, 0.15) is 51.8 Å². The third kappa shape index (κ3) is 4.46. The summed E-state index contributed by atoms with van der Waals surface area (Å²) in [6.45, 7) is 4.21. The van der Waals surface area contributed by atoms with E-state index in [4.69, 9.17) is 14.0 Å². The summed E-state index contributed by atoms with van der Waals surface area (Å²) < 4.78 is 16.1. The number of rotatable bonds is 7. The van der Waals surface area contributed by atoms with Gasteiger partial charge in [0, 0.05) is 17.5 Å². The van der Waals surface area contributed by atoms with Crippen molar-refractivity contribution in [1.82, 2.24) is 15.0 Å².